The molecule has 1 aromatic carbocycles. The molecule has 0 radical (unpaired) electrons. The average molecular weight is 453 g/mol. The highest BCUT2D eigenvalue weighted by atomic mass is 16.2. The lowest BCUT2D eigenvalue weighted by molar-refractivity contribution is 0.0940. The highest BCUT2D eigenvalue weighted by Gasteiger charge is 2.58. The lowest BCUT2D eigenvalue weighted by Gasteiger charge is -2.18. The monoisotopic (exact) mass is 452 g/mol. The third-order valence-electron chi connectivity index (χ3n) is 6.96. The number of hydrogen-bond acceptors (Lipinski definition) is 5. The molecule has 34 heavy (non-hydrogen) atoms. The molecular formula is C26H24N6O2. The van der Waals surface area contributed by atoms with E-state index in [0.717, 1.165) is 46.7 Å². The van der Waals surface area contributed by atoms with Gasteiger partial charge in [-0.2, -0.15) is 5.10 Å². The van der Waals surface area contributed by atoms with E-state index in [4.69, 9.17) is 0 Å². The van der Waals surface area contributed by atoms with Gasteiger partial charge in [0.1, 0.15) is 11.5 Å². The van der Waals surface area contributed by atoms with Crippen molar-refractivity contribution < 1.29 is 9.59 Å². The van der Waals surface area contributed by atoms with Crippen molar-refractivity contribution >= 4 is 28.9 Å². The Morgan fingerprint density at radius 2 is 2.00 bits per heavy atom. The minimum Gasteiger partial charge on any atom is -0.356 e. The summed E-state index contributed by atoms with van der Waals surface area (Å²) in [5.41, 5.74) is 5.52. The Balaban J connectivity index is 1.40. The first kappa shape index (κ1) is 20.4. The summed E-state index contributed by atoms with van der Waals surface area (Å²) in [5, 5.41) is 10.4. The predicted molar refractivity (Wildman–Crippen MR) is 129 cm³/mol. The molecule has 8 heteroatoms. The fourth-order valence-electron chi connectivity index (χ4n) is 4.99. The number of hydrogen-bond donors (Lipinski definition) is 3. The Hall–Kier alpha value is -4.20. The Bertz CT molecular complexity index is 1440. The van der Waals surface area contributed by atoms with Gasteiger partial charge in [0.25, 0.3) is 5.91 Å². The maximum atomic E-state index is 13.4. The Kier molecular flexibility index (Phi) is 4.45. The van der Waals surface area contributed by atoms with Crippen LogP contribution in [0.4, 0.5) is 17.2 Å². The number of nitrogens with one attached hydrogen (secondary N) is 3. The van der Waals surface area contributed by atoms with E-state index in [0.29, 0.717) is 11.5 Å². The Morgan fingerprint density at radius 1 is 1.18 bits per heavy atom. The lowest BCUT2D eigenvalue weighted by Crippen LogP contribution is -2.19. The topological polar surface area (TPSA) is 105 Å². The number of nitrogens with zero attached hydrogens (tertiary/aromatic N) is 3. The van der Waals surface area contributed by atoms with Gasteiger partial charge in [-0.1, -0.05) is 25.1 Å². The van der Waals surface area contributed by atoms with Crippen LogP contribution in [0, 0.1) is 11.3 Å². The quantitative estimate of drug-likeness (QED) is 0.411. The van der Waals surface area contributed by atoms with Crippen LogP contribution in [0.2, 0.25) is 0 Å². The summed E-state index contributed by atoms with van der Waals surface area (Å²) in [7, 11) is 1.71. The second kappa shape index (κ2) is 7.41. The van der Waals surface area contributed by atoms with Gasteiger partial charge in [-0.15, -0.1) is 0 Å². The molecule has 1 unspecified atom stereocenters. The standard InChI is InChI=1S/C26H24N6O2/c1-26-13-17(26)24(33)21-18(14-26)30-22(23(21)29-16-6-4-3-5-7-16)15-8-10-27-20(12-15)31-25(34)19-9-11-28-32(19)2/h3-12,17,29-30H,13-14H2,1-2H3,(H,27,31,34)/t17?,26-/m0/s1. The van der Waals surface area contributed by atoms with Crippen LogP contribution in [-0.4, -0.2) is 31.4 Å². The molecule has 0 bridgehead atoms. The van der Waals surface area contributed by atoms with E-state index >= 15 is 0 Å². The summed E-state index contributed by atoms with van der Waals surface area (Å²) >= 11 is 0. The van der Waals surface area contributed by atoms with Gasteiger partial charge in [0, 0.05) is 42.3 Å². The second-order valence-corrected chi connectivity index (χ2v) is 9.40. The van der Waals surface area contributed by atoms with Gasteiger partial charge < -0.3 is 15.6 Å². The molecule has 2 aliphatic rings. The molecule has 3 aromatic heterocycles. The first-order valence-corrected chi connectivity index (χ1v) is 11.3. The molecule has 2 atom stereocenters. The smallest absolute Gasteiger partial charge is 0.275 e. The molecule has 1 fully saturated rings. The minimum atomic E-state index is -0.291. The molecular weight excluding hydrogens is 428 g/mol. The van der Waals surface area contributed by atoms with Crippen LogP contribution < -0.4 is 10.6 Å². The van der Waals surface area contributed by atoms with Crippen molar-refractivity contribution in [3.63, 3.8) is 0 Å². The largest absolute Gasteiger partial charge is 0.356 e. The summed E-state index contributed by atoms with van der Waals surface area (Å²) in [4.78, 5) is 33.9. The van der Waals surface area contributed by atoms with Crippen LogP contribution in [0.3, 0.4) is 0 Å². The molecule has 4 aromatic rings. The van der Waals surface area contributed by atoms with E-state index in [1.807, 2.05) is 42.5 Å². The van der Waals surface area contributed by atoms with Crippen molar-refractivity contribution in [3.05, 3.63) is 77.9 Å². The molecule has 1 amide bonds. The normalized spacial score (nSPS) is 20.4. The van der Waals surface area contributed by atoms with Crippen LogP contribution in [0.15, 0.2) is 60.9 Å². The van der Waals surface area contributed by atoms with E-state index in [2.05, 4.69) is 32.6 Å². The van der Waals surface area contributed by atoms with Crippen molar-refractivity contribution in [1.82, 2.24) is 19.7 Å². The van der Waals surface area contributed by atoms with E-state index < -0.39 is 0 Å². The number of aryl methyl sites for hydroxylation is 1. The molecule has 170 valence electrons. The van der Waals surface area contributed by atoms with Crippen LogP contribution in [0.5, 0.6) is 0 Å². The first-order chi connectivity index (χ1) is 16.4. The summed E-state index contributed by atoms with van der Waals surface area (Å²) < 4.78 is 1.51. The van der Waals surface area contributed by atoms with Crippen LogP contribution in [0.25, 0.3) is 11.3 Å². The summed E-state index contributed by atoms with van der Waals surface area (Å²) in [6, 6.07) is 15.2. The van der Waals surface area contributed by atoms with Gasteiger partial charge in [-0.25, -0.2) is 4.98 Å². The zero-order valence-electron chi connectivity index (χ0n) is 18.9. The van der Waals surface area contributed by atoms with Gasteiger partial charge in [0.05, 0.1) is 16.9 Å². The second-order valence-electron chi connectivity index (χ2n) is 9.40. The Morgan fingerprint density at radius 3 is 2.76 bits per heavy atom. The number of para-hydroxylation sites is 1. The zero-order valence-corrected chi connectivity index (χ0v) is 18.9. The van der Waals surface area contributed by atoms with E-state index in [9.17, 15) is 9.59 Å². The van der Waals surface area contributed by atoms with Gasteiger partial charge in [-0.3, -0.25) is 14.3 Å². The zero-order chi connectivity index (χ0) is 23.4. The Labute approximate surface area is 196 Å². The third-order valence-corrected chi connectivity index (χ3v) is 6.96. The number of rotatable bonds is 5. The van der Waals surface area contributed by atoms with Crippen LogP contribution in [-0.2, 0) is 13.5 Å². The summed E-state index contributed by atoms with van der Waals surface area (Å²) in [5.74, 6) is 0.416. The minimum absolute atomic E-state index is 0.0523. The highest BCUT2D eigenvalue weighted by Crippen LogP contribution is 2.60. The molecule has 1 saturated carbocycles. The van der Waals surface area contributed by atoms with Gasteiger partial charge >= 0.3 is 0 Å². The number of aromatic amines is 1. The lowest BCUT2D eigenvalue weighted by atomic mass is 9.87. The molecule has 2 aliphatic carbocycles. The van der Waals surface area contributed by atoms with Crippen molar-refractivity contribution in [2.24, 2.45) is 18.4 Å². The van der Waals surface area contributed by atoms with E-state index in [1.165, 1.54) is 4.68 Å². The fourth-order valence-corrected chi connectivity index (χ4v) is 4.99. The van der Waals surface area contributed by atoms with Gasteiger partial charge in [-0.05, 0) is 48.6 Å². The number of carbonyl (C=O) groups excluding carboxylic acids is 2. The SMILES string of the molecule is Cn1nccc1C(=O)Nc1cc(-c2[nH]c3c(c2Nc2ccccc2)C(=O)C2C[C@@]2(C)C3)ccn1. The predicted octanol–water partition coefficient (Wildman–Crippen LogP) is 4.57. The average Bonchev–Trinajstić information content (AvgIpc) is 3.13. The van der Waals surface area contributed by atoms with E-state index in [-0.39, 0.29) is 23.0 Å². The summed E-state index contributed by atoms with van der Waals surface area (Å²) in [6.07, 6.45) is 5.01. The number of carbonyl (C=O) groups is 2. The first-order valence-electron chi connectivity index (χ1n) is 11.3. The maximum Gasteiger partial charge on any atom is 0.275 e. The number of anilines is 3. The maximum absolute atomic E-state index is 13.4. The molecule has 3 N–H and O–H groups in total. The molecule has 3 heterocycles. The molecule has 0 spiro atoms. The number of aromatic nitrogens is 4. The number of benzene rings is 1. The van der Waals surface area contributed by atoms with Gasteiger partial charge in [0.15, 0.2) is 5.78 Å². The number of pyridine rings is 1. The molecule has 6 rings (SSSR count). The number of fused-ring (bicyclic) bond motifs is 2. The highest BCUT2D eigenvalue weighted by molar-refractivity contribution is 6.10. The number of Topliss-reactive ketones (excluding diaryl/α,β-unsaturated/α-hetero) is 1. The van der Waals surface area contributed by atoms with Crippen LogP contribution >= 0.6 is 0 Å². The fraction of sp³-hybridized carbons (Fsp3) is 0.231. The number of amides is 1. The van der Waals surface area contributed by atoms with Crippen molar-refractivity contribution in [3.8, 4) is 11.3 Å². The van der Waals surface area contributed by atoms with Gasteiger partial charge in [0.2, 0.25) is 0 Å². The van der Waals surface area contributed by atoms with Crippen molar-refractivity contribution in [2.45, 2.75) is 19.8 Å². The number of H-pyrrole nitrogens is 1. The molecule has 0 aliphatic heterocycles. The molecule has 0 saturated heterocycles. The van der Waals surface area contributed by atoms with Crippen molar-refractivity contribution in [2.75, 3.05) is 10.6 Å². The van der Waals surface area contributed by atoms with Crippen LogP contribution in [0.1, 0.15) is 39.9 Å². The van der Waals surface area contributed by atoms with Crippen molar-refractivity contribution in [1.29, 1.82) is 0 Å². The summed E-state index contributed by atoms with van der Waals surface area (Å²) in [6.45, 7) is 2.18. The van der Waals surface area contributed by atoms with E-state index in [1.54, 1.807) is 25.5 Å². The third kappa shape index (κ3) is 3.30. The number of ketones is 1. The molecule has 8 nitrogen and oxygen atoms in total.